The molecule has 0 fully saturated rings. The van der Waals surface area contributed by atoms with E-state index in [0.717, 1.165) is 5.69 Å². The molecule has 2 rings (SSSR count). The van der Waals surface area contributed by atoms with E-state index >= 15 is 0 Å². The first-order valence-corrected chi connectivity index (χ1v) is 5.20. The van der Waals surface area contributed by atoms with Gasteiger partial charge in [0, 0.05) is 17.8 Å². The van der Waals surface area contributed by atoms with Gasteiger partial charge in [0.1, 0.15) is 0 Å². The van der Waals surface area contributed by atoms with Gasteiger partial charge in [-0.1, -0.05) is 6.07 Å². The predicted molar refractivity (Wildman–Crippen MR) is 64.8 cm³/mol. The standard InChI is InChI=1S/C13H13N2O2/c1-9-4-3-5-13(15-9)17-11-7-6-10(14)8-12(11)16-2/h3-8,14H,1-2H3. The zero-order chi connectivity index (χ0) is 12.3. The minimum absolute atomic E-state index is 0.381. The maximum absolute atomic E-state index is 7.50. The summed E-state index contributed by atoms with van der Waals surface area (Å²) >= 11 is 0. The van der Waals surface area contributed by atoms with Gasteiger partial charge in [-0.2, -0.15) is 0 Å². The highest BCUT2D eigenvalue weighted by atomic mass is 16.5. The Balaban J connectivity index is 2.29. The molecule has 0 aliphatic carbocycles. The van der Waals surface area contributed by atoms with Crippen molar-refractivity contribution in [1.29, 1.82) is 0 Å². The molecule has 1 aromatic carbocycles. The Hall–Kier alpha value is -2.23. The lowest BCUT2D eigenvalue weighted by Gasteiger charge is -2.10. The van der Waals surface area contributed by atoms with E-state index in [0.29, 0.717) is 23.1 Å². The maximum Gasteiger partial charge on any atom is 0.219 e. The van der Waals surface area contributed by atoms with Crippen LogP contribution in [-0.2, 0) is 0 Å². The van der Waals surface area contributed by atoms with Crippen LogP contribution in [-0.4, -0.2) is 12.1 Å². The molecule has 4 nitrogen and oxygen atoms in total. The van der Waals surface area contributed by atoms with E-state index < -0.39 is 0 Å². The molecule has 0 saturated heterocycles. The van der Waals surface area contributed by atoms with Gasteiger partial charge in [-0.05, 0) is 25.1 Å². The highest BCUT2D eigenvalue weighted by Crippen LogP contribution is 2.32. The van der Waals surface area contributed by atoms with Gasteiger partial charge in [-0.15, -0.1) is 0 Å². The topological polar surface area (TPSA) is 55.2 Å². The first-order chi connectivity index (χ1) is 8.19. The Morgan fingerprint density at radius 2 is 1.94 bits per heavy atom. The van der Waals surface area contributed by atoms with Gasteiger partial charge in [-0.3, -0.25) is 0 Å². The second-order valence-corrected chi connectivity index (χ2v) is 3.58. The van der Waals surface area contributed by atoms with Crippen molar-refractivity contribution in [2.75, 3.05) is 7.11 Å². The number of rotatable bonds is 3. The summed E-state index contributed by atoms with van der Waals surface area (Å²) < 4.78 is 10.8. The minimum atomic E-state index is 0.381. The summed E-state index contributed by atoms with van der Waals surface area (Å²) in [6.45, 7) is 1.90. The average Bonchev–Trinajstić information content (AvgIpc) is 2.31. The lowest BCUT2D eigenvalue weighted by molar-refractivity contribution is 0.374. The van der Waals surface area contributed by atoms with Gasteiger partial charge >= 0.3 is 0 Å². The molecule has 0 bridgehead atoms. The third kappa shape index (κ3) is 2.66. The molecular weight excluding hydrogens is 216 g/mol. The maximum atomic E-state index is 7.50. The number of nitrogens with zero attached hydrogens (tertiary/aromatic N) is 1. The van der Waals surface area contributed by atoms with E-state index in [2.05, 4.69) is 4.98 Å². The molecule has 17 heavy (non-hydrogen) atoms. The van der Waals surface area contributed by atoms with Crippen molar-refractivity contribution in [2.24, 2.45) is 0 Å². The fourth-order valence-corrected chi connectivity index (χ4v) is 1.44. The first kappa shape index (κ1) is 11.3. The van der Waals surface area contributed by atoms with Crippen LogP contribution in [0.2, 0.25) is 0 Å². The van der Waals surface area contributed by atoms with E-state index in [9.17, 15) is 0 Å². The Morgan fingerprint density at radius 1 is 1.12 bits per heavy atom. The zero-order valence-corrected chi connectivity index (χ0v) is 9.73. The number of hydrogen-bond donors (Lipinski definition) is 0. The van der Waals surface area contributed by atoms with Crippen LogP contribution >= 0.6 is 0 Å². The Kier molecular flexibility index (Phi) is 3.14. The second kappa shape index (κ2) is 4.74. The summed E-state index contributed by atoms with van der Waals surface area (Å²) in [5.41, 5.74) is 8.77. The van der Waals surface area contributed by atoms with Crippen LogP contribution in [0.3, 0.4) is 0 Å². The number of hydrogen-bond acceptors (Lipinski definition) is 3. The summed E-state index contributed by atoms with van der Waals surface area (Å²) in [5, 5.41) is 0. The zero-order valence-electron chi connectivity index (χ0n) is 9.73. The number of aromatic nitrogens is 1. The molecular formula is C13H13N2O2. The second-order valence-electron chi connectivity index (χ2n) is 3.58. The van der Waals surface area contributed by atoms with Gasteiger partial charge < -0.3 is 15.2 Å². The summed E-state index contributed by atoms with van der Waals surface area (Å²) in [7, 11) is 1.55. The van der Waals surface area contributed by atoms with Crippen molar-refractivity contribution in [3.8, 4) is 17.4 Å². The fourth-order valence-electron chi connectivity index (χ4n) is 1.44. The first-order valence-electron chi connectivity index (χ1n) is 5.20. The van der Waals surface area contributed by atoms with E-state index in [1.54, 1.807) is 31.4 Å². The van der Waals surface area contributed by atoms with Crippen molar-refractivity contribution in [3.05, 3.63) is 42.1 Å². The van der Waals surface area contributed by atoms with Crippen molar-refractivity contribution >= 4 is 5.69 Å². The van der Waals surface area contributed by atoms with Crippen LogP contribution in [0.15, 0.2) is 36.4 Å². The lowest BCUT2D eigenvalue weighted by Crippen LogP contribution is -1.93. The van der Waals surface area contributed by atoms with Crippen molar-refractivity contribution < 1.29 is 9.47 Å². The van der Waals surface area contributed by atoms with Crippen LogP contribution in [0, 0.1) is 6.92 Å². The Bertz CT molecular complexity index is 527. The molecule has 0 amide bonds. The number of nitrogens with one attached hydrogen (secondary N) is 1. The van der Waals surface area contributed by atoms with Crippen molar-refractivity contribution in [3.63, 3.8) is 0 Å². The largest absolute Gasteiger partial charge is 0.493 e. The molecule has 4 heteroatoms. The lowest BCUT2D eigenvalue weighted by atomic mass is 10.3. The number of pyridine rings is 1. The fraction of sp³-hybridized carbons (Fsp3) is 0.154. The SMILES string of the molecule is COc1cc([NH])ccc1Oc1cccc(C)n1. The minimum Gasteiger partial charge on any atom is -0.493 e. The highest BCUT2D eigenvalue weighted by molar-refractivity contribution is 5.51. The monoisotopic (exact) mass is 229 g/mol. The van der Waals surface area contributed by atoms with Gasteiger partial charge in [0.05, 0.1) is 12.8 Å². The molecule has 1 heterocycles. The normalized spacial score (nSPS) is 10.0. The molecule has 0 unspecified atom stereocenters. The van der Waals surface area contributed by atoms with Gasteiger partial charge in [0.25, 0.3) is 0 Å². The smallest absolute Gasteiger partial charge is 0.219 e. The molecule has 87 valence electrons. The number of aryl methyl sites for hydroxylation is 1. The molecule has 0 aliphatic heterocycles. The Labute approximate surface area is 100 Å². The molecule has 0 saturated carbocycles. The van der Waals surface area contributed by atoms with Crippen LogP contribution in [0.5, 0.6) is 17.4 Å². The average molecular weight is 229 g/mol. The predicted octanol–water partition coefficient (Wildman–Crippen LogP) is 3.11. The number of ether oxygens (including phenoxy) is 2. The molecule has 0 spiro atoms. The summed E-state index contributed by atoms with van der Waals surface area (Å²) in [6.07, 6.45) is 0. The Morgan fingerprint density at radius 3 is 2.65 bits per heavy atom. The van der Waals surface area contributed by atoms with E-state index in [4.69, 9.17) is 15.2 Å². The van der Waals surface area contributed by atoms with E-state index in [1.807, 2.05) is 19.1 Å². The number of methoxy groups -OCH3 is 1. The van der Waals surface area contributed by atoms with Crippen LogP contribution in [0.25, 0.3) is 0 Å². The summed E-state index contributed by atoms with van der Waals surface area (Å²) in [6, 6.07) is 10.5. The van der Waals surface area contributed by atoms with E-state index in [-0.39, 0.29) is 0 Å². The molecule has 0 aliphatic rings. The van der Waals surface area contributed by atoms with Crippen LogP contribution in [0.1, 0.15) is 5.69 Å². The molecule has 1 aromatic heterocycles. The molecule has 2 aromatic rings. The van der Waals surface area contributed by atoms with Crippen LogP contribution < -0.4 is 15.2 Å². The van der Waals surface area contributed by atoms with Crippen molar-refractivity contribution in [2.45, 2.75) is 6.92 Å². The number of benzene rings is 1. The highest BCUT2D eigenvalue weighted by Gasteiger charge is 2.06. The van der Waals surface area contributed by atoms with E-state index in [1.165, 1.54) is 0 Å². The summed E-state index contributed by atoms with van der Waals surface area (Å²) in [4.78, 5) is 4.24. The summed E-state index contributed by atoms with van der Waals surface area (Å²) in [5.74, 6) is 1.60. The molecule has 0 atom stereocenters. The van der Waals surface area contributed by atoms with Gasteiger partial charge in [0.2, 0.25) is 5.88 Å². The van der Waals surface area contributed by atoms with Crippen molar-refractivity contribution in [1.82, 2.24) is 10.7 Å². The third-order valence-corrected chi connectivity index (χ3v) is 2.24. The quantitative estimate of drug-likeness (QED) is 0.812. The van der Waals surface area contributed by atoms with Crippen LogP contribution in [0.4, 0.5) is 5.69 Å². The van der Waals surface area contributed by atoms with Gasteiger partial charge in [0.15, 0.2) is 11.5 Å². The van der Waals surface area contributed by atoms with Gasteiger partial charge in [-0.25, -0.2) is 4.98 Å². The molecule has 1 N–H and O–H groups in total. The third-order valence-electron chi connectivity index (χ3n) is 2.24. The molecule has 1 radical (unpaired) electrons.